The maximum Gasteiger partial charge on any atom is 0.254 e. The molecule has 0 aliphatic carbocycles. The topological polar surface area (TPSA) is 42.0 Å². The highest BCUT2D eigenvalue weighted by molar-refractivity contribution is 7.98. The lowest BCUT2D eigenvalue weighted by atomic mass is 10.1. The van der Waals surface area contributed by atoms with Gasteiger partial charge >= 0.3 is 0 Å². The van der Waals surface area contributed by atoms with Gasteiger partial charge in [0.25, 0.3) is 5.91 Å². The second kappa shape index (κ2) is 6.52. The Kier molecular flexibility index (Phi) is 4.74. The monoisotopic (exact) mass is 290 g/mol. The first-order valence-corrected chi connectivity index (χ1v) is 7.39. The normalized spacial score (nSPS) is 11.9. The Balaban J connectivity index is 2.13. The predicted molar refractivity (Wildman–Crippen MR) is 78.3 cm³/mol. The fourth-order valence-corrected chi connectivity index (χ4v) is 2.38. The van der Waals surface area contributed by atoms with Crippen molar-refractivity contribution in [2.45, 2.75) is 18.0 Å². The van der Waals surface area contributed by atoms with E-state index in [1.807, 2.05) is 13.2 Å². The van der Waals surface area contributed by atoms with Crippen molar-refractivity contribution >= 4 is 17.7 Å². The van der Waals surface area contributed by atoms with Crippen LogP contribution < -0.4 is 5.32 Å². The lowest BCUT2D eigenvalue weighted by molar-refractivity contribution is 0.0936. The van der Waals surface area contributed by atoms with Gasteiger partial charge in [-0.15, -0.1) is 11.8 Å². The second-order valence-electron chi connectivity index (χ2n) is 4.31. The number of hydrogen-bond acceptors (Lipinski definition) is 3. The number of nitrogens with one attached hydrogen (secondary N) is 1. The van der Waals surface area contributed by atoms with E-state index in [1.165, 1.54) is 23.9 Å². The zero-order valence-electron chi connectivity index (χ0n) is 11.3. The molecule has 0 unspecified atom stereocenters. The fraction of sp³-hybridized carbons (Fsp3) is 0.200. The Hall–Kier alpha value is -1.88. The maximum atomic E-state index is 12.9. The summed E-state index contributed by atoms with van der Waals surface area (Å²) in [5.74, 6) is -0.469. The van der Waals surface area contributed by atoms with Crippen molar-refractivity contribution in [3.8, 4) is 0 Å². The Morgan fingerprint density at radius 1 is 1.30 bits per heavy atom. The van der Waals surface area contributed by atoms with Gasteiger partial charge in [0.15, 0.2) is 0 Å². The molecule has 0 saturated carbocycles. The molecule has 0 aliphatic heterocycles. The van der Waals surface area contributed by atoms with Gasteiger partial charge in [-0.3, -0.25) is 4.79 Å². The number of carbonyl (C=O) groups excluding carboxylic acids is 1. The Morgan fingerprint density at radius 3 is 2.65 bits per heavy atom. The number of benzene rings is 1. The van der Waals surface area contributed by atoms with Crippen molar-refractivity contribution in [1.29, 1.82) is 0 Å². The number of amides is 1. The van der Waals surface area contributed by atoms with Crippen molar-refractivity contribution in [3.05, 3.63) is 59.5 Å². The van der Waals surface area contributed by atoms with Crippen LogP contribution in [0.15, 0.2) is 47.6 Å². The molecule has 2 aromatic rings. The van der Waals surface area contributed by atoms with Gasteiger partial charge in [0.05, 0.1) is 11.6 Å². The summed E-state index contributed by atoms with van der Waals surface area (Å²) in [6.45, 7) is 1.86. The van der Waals surface area contributed by atoms with Gasteiger partial charge in [-0.1, -0.05) is 12.1 Å². The Morgan fingerprint density at radius 2 is 2.00 bits per heavy atom. The molecule has 2 rings (SSSR count). The molecule has 1 aromatic carbocycles. The molecule has 0 aliphatic rings. The molecule has 1 atom stereocenters. The first-order chi connectivity index (χ1) is 9.61. The van der Waals surface area contributed by atoms with Crippen LogP contribution in [-0.2, 0) is 0 Å². The van der Waals surface area contributed by atoms with Gasteiger partial charge < -0.3 is 5.32 Å². The van der Waals surface area contributed by atoms with E-state index in [4.69, 9.17) is 0 Å². The van der Waals surface area contributed by atoms with Crippen LogP contribution in [-0.4, -0.2) is 17.1 Å². The van der Waals surface area contributed by atoms with Crippen LogP contribution in [0.25, 0.3) is 0 Å². The van der Waals surface area contributed by atoms with Crippen LogP contribution >= 0.6 is 11.8 Å². The maximum absolute atomic E-state index is 12.9. The van der Waals surface area contributed by atoms with Crippen LogP contribution in [0.1, 0.15) is 28.9 Å². The van der Waals surface area contributed by atoms with Crippen LogP contribution in [0.2, 0.25) is 0 Å². The molecule has 20 heavy (non-hydrogen) atoms. The average Bonchev–Trinajstić information content (AvgIpc) is 2.47. The standard InChI is InChI=1S/C15H15FN2OS/c1-10(11-5-7-12(16)8-6-11)18-14(19)13-4-3-9-17-15(13)20-2/h3-10H,1-2H3,(H,18,19)/t10-/m0/s1. The van der Waals surface area contributed by atoms with Crippen molar-refractivity contribution in [3.63, 3.8) is 0 Å². The summed E-state index contributed by atoms with van der Waals surface area (Å²) in [5.41, 5.74) is 1.41. The first-order valence-electron chi connectivity index (χ1n) is 6.17. The van der Waals surface area contributed by atoms with E-state index in [-0.39, 0.29) is 17.8 Å². The SMILES string of the molecule is CSc1ncccc1C(=O)N[C@@H](C)c1ccc(F)cc1. The molecule has 1 amide bonds. The average molecular weight is 290 g/mol. The molecular weight excluding hydrogens is 275 g/mol. The van der Waals surface area contributed by atoms with Crippen molar-refractivity contribution in [1.82, 2.24) is 10.3 Å². The lowest BCUT2D eigenvalue weighted by Crippen LogP contribution is -2.27. The molecule has 0 saturated heterocycles. The fourth-order valence-electron chi connectivity index (χ4n) is 1.84. The van der Waals surface area contributed by atoms with E-state index < -0.39 is 0 Å². The molecule has 0 fully saturated rings. The number of pyridine rings is 1. The minimum Gasteiger partial charge on any atom is -0.345 e. The number of rotatable bonds is 4. The number of carbonyl (C=O) groups is 1. The van der Waals surface area contributed by atoms with E-state index >= 15 is 0 Å². The third-order valence-corrected chi connectivity index (χ3v) is 3.64. The van der Waals surface area contributed by atoms with Gasteiger partial charge in [-0.2, -0.15) is 0 Å². The molecular formula is C15H15FN2OS. The zero-order chi connectivity index (χ0) is 14.5. The van der Waals surface area contributed by atoms with E-state index in [1.54, 1.807) is 30.5 Å². The Labute approximate surface area is 121 Å². The van der Waals surface area contributed by atoms with Crippen molar-refractivity contribution in [2.24, 2.45) is 0 Å². The van der Waals surface area contributed by atoms with Gasteiger partial charge in [-0.05, 0) is 43.0 Å². The van der Waals surface area contributed by atoms with Gasteiger partial charge in [0.2, 0.25) is 0 Å². The summed E-state index contributed by atoms with van der Waals surface area (Å²) in [4.78, 5) is 16.4. The largest absolute Gasteiger partial charge is 0.345 e. The molecule has 104 valence electrons. The number of thioether (sulfide) groups is 1. The predicted octanol–water partition coefficient (Wildman–Crippen LogP) is 3.43. The third kappa shape index (κ3) is 3.36. The highest BCUT2D eigenvalue weighted by Crippen LogP contribution is 2.19. The highest BCUT2D eigenvalue weighted by Gasteiger charge is 2.15. The summed E-state index contributed by atoms with van der Waals surface area (Å²) >= 11 is 1.43. The van der Waals surface area contributed by atoms with E-state index in [0.29, 0.717) is 10.6 Å². The Bertz CT molecular complexity index is 601. The first kappa shape index (κ1) is 14.5. The molecule has 1 heterocycles. The molecule has 1 N–H and O–H groups in total. The highest BCUT2D eigenvalue weighted by atomic mass is 32.2. The number of nitrogens with zero attached hydrogens (tertiary/aromatic N) is 1. The molecule has 1 aromatic heterocycles. The van der Waals surface area contributed by atoms with Crippen LogP contribution in [0.4, 0.5) is 4.39 Å². The quantitative estimate of drug-likeness (QED) is 0.877. The van der Waals surface area contributed by atoms with Gasteiger partial charge in [0, 0.05) is 6.20 Å². The molecule has 0 spiro atoms. The van der Waals surface area contributed by atoms with Crippen molar-refractivity contribution < 1.29 is 9.18 Å². The zero-order valence-corrected chi connectivity index (χ0v) is 12.1. The summed E-state index contributed by atoms with van der Waals surface area (Å²) in [6.07, 6.45) is 3.54. The minimum atomic E-state index is -0.288. The molecule has 0 bridgehead atoms. The number of halogens is 1. The van der Waals surface area contributed by atoms with Crippen LogP contribution in [0.5, 0.6) is 0 Å². The van der Waals surface area contributed by atoms with Gasteiger partial charge in [-0.25, -0.2) is 9.37 Å². The van der Waals surface area contributed by atoms with E-state index in [0.717, 1.165) is 5.56 Å². The molecule has 3 nitrogen and oxygen atoms in total. The summed E-state index contributed by atoms with van der Waals surface area (Å²) in [7, 11) is 0. The second-order valence-corrected chi connectivity index (χ2v) is 5.10. The summed E-state index contributed by atoms with van der Waals surface area (Å²) in [6, 6.07) is 9.38. The van der Waals surface area contributed by atoms with Crippen molar-refractivity contribution in [2.75, 3.05) is 6.26 Å². The van der Waals surface area contributed by atoms with E-state index in [9.17, 15) is 9.18 Å². The molecule has 0 radical (unpaired) electrons. The lowest BCUT2D eigenvalue weighted by Gasteiger charge is -2.15. The van der Waals surface area contributed by atoms with Crippen LogP contribution in [0.3, 0.4) is 0 Å². The third-order valence-electron chi connectivity index (χ3n) is 2.93. The van der Waals surface area contributed by atoms with E-state index in [2.05, 4.69) is 10.3 Å². The minimum absolute atomic E-state index is 0.181. The molecule has 5 heteroatoms. The number of aromatic nitrogens is 1. The number of hydrogen-bond donors (Lipinski definition) is 1. The van der Waals surface area contributed by atoms with Gasteiger partial charge in [0.1, 0.15) is 10.8 Å². The van der Waals surface area contributed by atoms with Crippen LogP contribution in [0, 0.1) is 5.82 Å². The summed E-state index contributed by atoms with van der Waals surface area (Å²) < 4.78 is 12.9. The smallest absolute Gasteiger partial charge is 0.254 e. The summed E-state index contributed by atoms with van der Waals surface area (Å²) in [5, 5.41) is 3.58.